The summed E-state index contributed by atoms with van der Waals surface area (Å²) in [5.41, 5.74) is 0.933. The lowest BCUT2D eigenvalue weighted by Crippen LogP contribution is -2.32. The molecule has 0 unspecified atom stereocenters. The Bertz CT molecular complexity index is 1250. The second-order valence-electron chi connectivity index (χ2n) is 9.33. The number of nitro groups is 1. The summed E-state index contributed by atoms with van der Waals surface area (Å²) in [4.78, 5) is 62.5. The molecule has 2 aromatic carbocycles. The molecule has 0 radical (unpaired) electrons. The molecule has 3 aliphatic rings. The Morgan fingerprint density at radius 1 is 1.09 bits per heavy atom. The molecule has 2 aliphatic carbocycles. The van der Waals surface area contributed by atoms with Gasteiger partial charge >= 0.3 is 5.97 Å². The van der Waals surface area contributed by atoms with Crippen molar-refractivity contribution in [1.29, 1.82) is 0 Å². The zero-order valence-corrected chi connectivity index (χ0v) is 18.9. The van der Waals surface area contributed by atoms with E-state index in [0.29, 0.717) is 11.3 Å². The minimum atomic E-state index is -0.795. The molecule has 1 saturated heterocycles. The molecule has 10 heteroatoms. The Hall–Kier alpha value is -4.08. The average Bonchev–Trinajstić information content (AvgIpc) is 3.52. The van der Waals surface area contributed by atoms with Gasteiger partial charge in [0.25, 0.3) is 11.6 Å². The third-order valence-corrected chi connectivity index (χ3v) is 7.29. The molecule has 0 aromatic heterocycles. The highest BCUT2D eigenvalue weighted by Crippen LogP contribution is 2.56. The first-order chi connectivity index (χ1) is 16.7. The largest absolute Gasteiger partial charge is 0.452 e. The molecule has 1 heterocycles. The van der Waals surface area contributed by atoms with Gasteiger partial charge in [-0.3, -0.25) is 29.4 Å². The first-order valence-electron chi connectivity index (χ1n) is 11.4. The van der Waals surface area contributed by atoms with Crippen molar-refractivity contribution in [3.63, 3.8) is 0 Å². The summed E-state index contributed by atoms with van der Waals surface area (Å²) >= 11 is 0. The number of nitro benzene ring substituents is 1. The van der Waals surface area contributed by atoms with Crippen LogP contribution in [0.3, 0.4) is 0 Å². The topological polar surface area (TPSA) is 136 Å². The van der Waals surface area contributed by atoms with Crippen molar-refractivity contribution in [1.82, 2.24) is 0 Å². The number of imide groups is 1. The molecule has 3 fully saturated rings. The molecule has 10 nitrogen and oxygen atoms in total. The van der Waals surface area contributed by atoms with Crippen LogP contribution >= 0.6 is 0 Å². The molecule has 4 atom stereocenters. The molecular formula is C25H23N3O7. The fourth-order valence-corrected chi connectivity index (χ4v) is 5.73. The molecule has 5 rings (SSSR count). The maximum Gasteiger partial charge on any atom is 0.338 e. The van der Waals surface area contributed by atoms with E-state index in [1.165, 1.54) is 35.2 Å². The van der Waals surface area contributed by atoms with Crippen LogP contribution in [0.5, 0.6) is 0 Å². The fourth-order valence-electron chi connectivity index (χ4n) is 5.73. The van der Waals surface area contributed by atoms with Gasteiger partial charge in [0.15, 0.2) is 6.61 Å². The minimum Gasteiger partial charge on any atom is -0.452 e. The number of hydrogen-bond acceptors (Lipinski definition) is 7. The van der Waals surface area contributed by atoms with Gasteiger partial charge in [-0.15, -0.1) is 0 Å². The number of aryl methyl sites for hydroxylation is 1. The van der Waals surface area contributed by atoms with Crippen LogP contribution in [0.25, 0.3) is 0 Å². The Labute approximate surface area is 200 Å². The number of amides is 3. The fraction of sp³-hybridized carbons (Fsp3) is 0.360. The van der Waals surface area contributed by atoms with Gasteiger partial charge in [-0.1, -0.05) is 12.1 Å². The van der Waals surface area contributed by atoms with E-state index < -0.39 is 23.4 Å². The first-order valence-corrected chi connectivity index (χ1v) is 11.4. The standard InChI is InChI=1S/C25H23N3O7/c1-13-5-8-17(11-19(13)28(33)34)26-20(29)12-35-25(32)16-3-2-4-18(10-16)27-23(30)21-14-6-7-15(9-14)22(21)24(27)31/h2-5,8,10-11,14-15,21-22H,6-7,9,12H2,1H3,(H,26,29)/t14-,15-,21-,22+/m0/s1. The smallest absolute Gasteiger partial charge is 0.338 e. The maximum atomic E-state index is 13.0. The van der Waals surface area contributed by atoms with Crippen LogP contribution in [-0.2, 0) is 19.1 Å². The number of anilines is 2. The zero-order chi connectivity index (χ0) is 24.9. The number of hydrogen-bond donors (Lipinski definition) is 1. The summed E-state index contributed by atoms with van der Waals surface area (Å²) in [6, 6.07) is 10.3. The van der Waals surface area contributed by atoms with E-state index in [4.69, 9.17) is 4.74 Å². The van der Waals surface area contributed by atoms with E-state index in [-0.39, 0.29) is 52.4 Å². The van der Waals surface area contributed by atoms with Crippen molar-refractivity contribution in [2.45, 2.75) is 26.2 Å². The number of carbonyl (C=O) groups is 4. The van der Waals surface area contributed by atoms with Gasteiger partial charge in [0.2, 0.25) is 11.8 Å². The SMILES string of the molecule is Cc1ccc(NC(=O)COC(=O)c2cccc(N3C(=O)[C@@H]4[C@H]5CC[C@@H](C5)[C@@H]4C3=O)c2)cc1[N+](=O)[O-]. The van der Waals surface area contributed by atoms with Gasteiger partial charge in [-0.2, -0.15) is 0 Å². The summed E-state index contributed by atoms with van der Waals surface area (Å²) in [6.07, 6.45) is 2.89. The number of esters is 1. The van der Waals surface area contributed by atoms with E-state index >= 15 is 0 Å². The van der Waals surface area contributed by atoms with Crippen molar-refractivity contribution in [3.05, 3.63) is 63.7 Å². The molecule has 1 aliphatic heterocycles. The van der Waals surface area contributed by atoms with Gasteiger partial charge < -0.3 is 10.1 Å². The number of fused-ring (bicyclic) bond motifs is 5. The molecule has 3 amide bonds. The molecular weight excluding hydrogens is 454 g/mol. The number of nitrogens with one attached hydrogen (secondary N) is 1. The molecule has 180 valence electrons. The zero-order valence-electron chi connectivity index (χ0n) is 18.9. The summed E-state index contributed by atoms with van der Waals surface area (Å²) in [5.74, 6) is -1.89. The third kappa shape index (κ3) is 3.94. The van der Waals surface area contributed by atoms with Crippen LogP contribution in [0.15, 0.2) is 42.5 Å². The van der Waals surface area contributed by atoms with Crippen molar-refractivity contribution in [2.75, 3.05) is 16.8 Å². The van der Waals surface area contributed by atoms with Crippen LogP contribution in [0.2, 0.25) is 0 Å². The summed E-state index contributed by atoms with van der Waals surface area (Å²) in [7, 11) is 0. The van der Waals surface area contributed by atoms with Crippen LogP contribution in [0.4, 0.5) is 17.1 Å². The van der Waals surface area contributed by atoms with Crippen LogP contribution in [-0.4, -0.2) is 35.2 Å². The van der Waals surface area contributed by atoms with Gasteiger partial charge in [-0.05, 0) is 62.3 Å². The van der Waals surface area contributed by atoms with Crippen molar-refractivity contribution in [3.8, 4) is 0 Å². The predicted octanol–water partition coefficient (Wildman–Crippen LogP) is 3.23. The number of nitrogens with zero attached hydrogens (tertiary/aromatic N) is 2. The highest BCUT2D eigenvalue weighted by molar-refractivity contribution is 6.22. The third-order valence-electron chi connectivity index (χ3n) is 7.29. The van der Waals surface area contributed by atoms with Gasteiger partial charge in [0.1, 0.15) is 0 Å². The van der Waals surface area contributed by atoms with Crippen LogP contribution < -0.4 is 10.2 Å². The van der Waals surface area contributed by atoms with Crippen molar-refractivity contribution >= 4 is 40.8 Å². The summed E-state index contributed by atoms with van der Waals surface area (Å²) < 4.78 is 5.08. The quantitative estimate of drug-likeness (QED) is 0.292. The second-order valence-corrected chi connectivity index (χ2v) is 9.33. The molecule has 2 aromatic rings. The molecule has 2 saturated carbocycles. The maximum absolute atomic E-state index is 13.0. The number of carbonyl (C=O) groups excluding carboxylic acids is 4. The number of rotatable bonds is 6. The lowest BCUT2D eigenvalue weighted by Gasteiger charge is -2.19. The van der Waals surface area contributed by atoms with Crippen molar-refractivity contribution in [2.24, 2.45) is 23.7 Å². The first kappa shape index (κ1) is 22.7. The molecule has 0 spiro atoms. The average molecular weight is 477 g/mol. The van der Waals surface area contributed by atoms with E-state index in [0.717, 1.165) is 19.3 Å². The van der Waals surface area contributed by atoms with E-state index in [1.54, 1.807) is 19.1 Å². The number of ether oxygens (including phenoxy) is 1. The highest BCUT2D eigenvalue weighted by Gasteiger charge is 2.61. The van der Waals surface area contributed by atoms with Crippen LogP contribution in [0.1, 0.15) is 35.2 Å². The Morgan fingerprint density at radius 2 is 1.77 bits per heavy atom. The van der Waals surface area contributed by atoms with E-state index in [1.807, 2.05) is 0 Å². The Morgan fingerprint density at radius 3 is 2.43 bits per heavy atom. The lowest BCUT2D eigenvalue weighted by atomic mass is 9.81. The molecule has 35 heavy (non-hydrogen) atoms. The Kier molecular flexibility index (Phi) is 5.58. The highest BCUT2D eigenvalue weighted by atomic mass is 16.6. The van der Waals surface area contributed by atoms with Crippen LogP contribution in [0, 0.1) is 40.7 Å². The molecule has 2 bridgehead atoms. The predicted molar refractivity (Wildman–Crippen MR) is 123 cm³/mol. The monoisotopic (exact) mass is 477 g/mol. The van der Waals surface area contributed by atoms with E-state index in [9.17, 15) is 29.3 Å². The van der Waals surface area contributed by atoms with Gasteiger partial charge in [-0.25, -0.2) is 4.79 Å². The Balaban J connectivity index is 1.23. The van der Waals surface area contributed by atoms with Gasteiger partial charge in [0.05, 0.1) is 28.0 Å². The van der Waals surface area contributed by atoms with E-state index in [2.05, 4.69) is 5.32 Å². The number of benzene rings is 2. The minimum absolute atomic E-state index is 0.0990. The summed E-state index contributed by atoms with van der Waals surface area (Å²) in [5, 5.41) is 13.5. The molecule has 1 N–H and O–H groups in total. The lowest BCUT2D eigenvalue weighted by molar-refractivity contribution is -0.385. The summed E-state index contributed by atoms with van der Waals surface area (Å²) in [6.45, 7) is 0.972. The van der Waals surface area contributed by atoms with Crippen molar-refractivity contribution < 1.29 is 28.8 Å². The second kappa shape index (κ2) is 8.61. The normalized spacial score (nSPS) is 24.4. The van der Waals surface area contributed by atoms with Gasteiger partial charge in [0, 0.05) is 17.3 Å².